The van der Waals surface area contributed by atoms with Crippen molar-refractivity contribution in [1.29, 1.82) is 0 Å². The summed E-state index contributed by atoms with van der Waals surface area (Å²) >= 11 is 47.4. The Morgan fingerprint density at radius 1 is 0.706 bits per heavy atom. The van der Waals surface area contributed by atoms with Crippen molar-refractivity contribution < 1.29 is 179 Å². The molecule has 4 N–H and O–H groups in total. The number of rotatable bonds is 9. The van der Waals surface area contributed by atoms with E-state index in [1.54, 1.807) is 42.7 Å². The maximum absolute atomic E-state index is 12.4. The molecule has 0 radical (unpaired) electrons. The van der Waals surface area contributed by atoms with Gasteiger partial charge in [-0.3, -0.25) is 23.9 Å². The summed E-state index contributed by atoms with van der Waals surface area (Å²) in [4.78, 5) is 68.8. The number of oxazole rings is 3. The number of nitrogen functional groups attached to an aromatic ring is 1. The summed E-state index contributed by atoms with van der Waals surface area (Å²) in [5.74, 6) is -1.78. The summed E-state index contributed by atoms with van der Waals surface area (Å²) in [6.45, 7) is -0.181. The fourth-order valence-corrected chi connectivity index (χ4v) is 11.3. The number of nitrogens with zero attached hydrogens (tertiary/aromatic N) is 5. The minimum absolute atomic E-state index is 0. The number of amides is 1. The number of hydrogen-bond donors (Lipinski definition) is 3. The number of nitrogens with one attached hydrogen (secondary N) is 2. The molecule has 23 nitrogen and oxygen atoms in total. The van der Waals surface area contributed by atoms with Crippen molar-refractivity contribution in [1.82, 2.24) is 29.9 Å². The van der Waals surface area contributed by atoms with E-state index < -0.39 is 44.7 Å². The number of aromatic nitrogens is 6. The summed E-state index contributed by atoms with van der Waals surface area (Å²) in [5, 5.41) is 16.1. The Hall–Kier alpha value is -3.31. The maximum Gasteiger partial charge on any atom is 1.00 e. The second-order valence-corrected chi connectivity index (χ2v) is 23.1. The third kappa shape index (κ3) is 23.9. The van der Waals surface area contributed by atoms with E-state index in [9.17, 15) is 35.6 Å². The molecule has 85 heavy (non-hydrogen) atoms. The van der Waals surface area contributed by atoms with Crippen LogP contribution in [0.1, 0.15) is 45.6 Å². The van der Waals surface area contributed by atoms with Crippen LogP contribution in [0.15, 0.2) is 146 Å². The normalized spacial score (nSPS) is 11.9. The Morgan fingerprint density at radius 3 is 1.54 bits per heavy atom. The number of H-pyrrole nitrogens is 1. The van der Waals surface area contributed by atoms with Gasteiger partial charge in [-0.2, -0.15) is 0 Å². The van der Waals surface area contributed by atoms with E-state index in [4.69, 9.17) is 119 Å². The first-order valence-corrected chi connectivity index (χ1v) is 29.0. The van der Waals surface area contributed by atoms with Gasteiger partial charge in [0.15, 0.2) is 0 Å². The standard InChI is InChI=1S/C17H9Cl2N3O4S2.C10H6Cl2N2O3S.C8H7NO2S.C5H3Cl2NS.C5H4ClNO3.CH3F.CH2O3.2K.H/c18-11-6-20-7-12(19)15(11)27-17-21-8-13(26-17)16(23)22-10-2-1-9-3-4-28(24,25)14(9)5-10;1-16-9(15)7-4-14-10(17-7)18-8-5(11)2-13-3-6(8)12;9-7-2-1-6-3-4-12(10,11)8(6)5-7;6-3-1-8-2-4(7)5(3)9;1-9-4(8)3-2-7-5(6)10-3;1-2;2-1-4-3;;;/h1-8H,(H,22,23);2-4H,1H3;1-5H,9H2;1-2H,(H,8,9);2H,1H3;1H3;1,3H;;;/q;;;;;;;2*+1;-1/p-1/i;;;;;1D;;;;. The first-order valence-electron chi connectivity index (χ1n) is 22.0. The molecule has 0 aliphatic carbocycles. The monoisotopic (exact) mass is 1450 g/mol. The van der Waals surface area contributed by atoms with Crippen molar-refractivity contribution in [2.75, 3.05) is 32.4 Å². The van der Waals surface area contributed by atoms with Gasteiger partial charge in [0.2, 0.25) is 37.0 Å². The number of sulfone groups is 2. The summed E-state index contributed by atoms with van der Waals surface area (Å²) in [7, 11) is -5.15. The van der Waals surface area contributed by atoms with Crippen LogP contribution in [-0.2, 0) is 38.8 Å². The predicted molar refractivity (Wildman–Crippen MR) is 309 cm³/mol. The molecule has 2 aliphatic rings. The molecule has 0 bridgehead atoms. The molecule has 0 unspecified atom stereocenters. The van der Waals surface area contributed by atoms with Crippen LogP contribution in [0.3, 0.4) is 0 Å². The van der Waals surface area contributed by atoms with Crippen LogP contribution in [0, 0.1) is 4.51 Å². The number of alkyl halides is 1. The van der Waals surface area contributed by atoms with E-state index in [1.165, 1.54) is 81.2 Å². The van der Waals surface area contributed by atoms with Crippen molar-refractivity contribution in [3.05, 3.63) is 171 Å². The number of anilines is 2. The van der Waals surface area contributed by atoms with Crippen LogP contribution in [0.2, 0.25) is 35.5 Å². The van der Waals surface area contributed by atoms with Gasteiger partial charge in [-0.1, -0.05) is 94.0 Å². The number of fused-ring (bicyclic) bond motifs is 2. The molecule has 8 aromatic rings. The second kappa shape index (κ2) is 38.3. The summed E-state index contributed by atoms with van der Waals surface area (Å²) in [6, 6.07) is 9.47. The number of methoxy groups -OCH3 is 2. The average molecular weight is 1460 g/mol. The molecule has 6 aromatic heterocycles. The van der Waals surface area contributed by atoms with Gasteiger partial charge in [0.05, 0.1) is 95.6 Å². The molecule has 1 amide bonds. The van der Waals surface area contributed by atoms with Gasteiger partial charge in [0.25, 0.3) is 28.2 Å². The Balaban J connectivity index is 0.000000557. The zero-order valence-corrected chi connectivity index (χ0v) is 58.9. The number of esters is 2. The molecule has 2 aromatic carbocycles. The molecule has 8 heterocycles. The number of pyridine rings is 3. The molecule has 10 rings (SSSR count). The van der Waals surface area contributed by atoms with Crippen molar-refractivity contribution in [3.63, 3.8) is 0 Å². The molecule has 0 fully saturated rings. The summed E-state index contributed by atoms with van der Waals surface area (Å²) in [5.41, 5.74) is 7.54. The van der Waals surface area contributed by atoms with Crippen LogP contribution >= 0.6 is 117 Å². The third-order valence-corrected chi connectivity index (χ3v) is 17.1. The Kier molecular flexibility index (Phi) is 34.2. The van der Waals surface area contributed by atoms with Gasteiger partial charge < -0.3 is 50.3 Å². The molecule has 0 atom stereocenters. The third-order valence-electron chi connectivity index (χ3n) is 9.11. The maximum atomic E-state index is 12.4. The first kappa shape index (κ1) is 75.9. The van der Waals surface area contributed by atoms with Crippen molar-refractivity contribution in [2.45, 2.75) is 30.0 Å². The summed E-state index contributed by atoms with van der Waals surface area (Å²) in [6.07, 6.45) is 15.8. The molecular weight excluding hydrogens is 1420 g/mol. The number of hydrogen-bond acceptors (Lipinski definition) is 24. The zero-order chi connectivity index (χ0) is 62.3. The minimum Gasteiger partial charge on any atom is -1.00 e. The SMILES string of the molecule is COC(=O)c1cnc(Cl)o1.COC(=O)c1cnc(Sc2c(Cl)cncc2Cl)o1.Nc1ccc2c(c1)S(=O)(=O)C=C2.O=C(Nc1ccc2c(c1)S(=O)(=O)C=C2)c1cnc(Sc2c(Cl)cncc2Cl)o1.O=CO[O-].S=c1c(Cl)c[nH]cc1Cl.[2H]CF.[H-].[K+].[K+]. The van der Waals surface area contributed by atoms with Crippen LogP contribution in [0.5, 0.6) is 0 Å². The van der Waals surface area contributed by atoms with Gasteiger partial charge in [-0.15, -0.1) is 0 Å². The number of carbonyl (C=O) groups excluding carboxylic acids is 4. The van der Waals surface area contributed by atoms with Crippen LogP contribution in [0.25, 0.3) is 12.2 Å². The topological polar surface area (TPSA) is 345 Å². The number of ether oxygens (including phenoxy) is 2. The van der Waals surface area contributed by atoms with Gasteiger partial charge in [-0.25, -0.2) is 41.4 Å². The molecule has 38 heteroatoms. The molecule has 0 saturated heterocycles. The van der Waals surface area contributed by atoms with Gasteiger partial charge >= 0.3 is 115 Å². The fourth-order valence-electron chi connectivity index (χ4n) is 5.56. The number of benzene rings is 2. The van der Waals surface area contributed by atoms with Gasteiger partial charge in [-0.05, 0) is 82.7 Å². The van der Waals surface area contributed by atoms with Gasteiger partial charge in [0, 0.05) is 59.4 Å². The Morgan fingerprint density at radius 2 is 1.12 bits per heavy atom. The predicted octanol–water partition coefficient (Wildman–Crippen LogP) is 6.19. The van der Waals surface area contributed by atoms with Crippen molar-refractivity contribution in [2.24, 2.45) is 0 Å². The fraction of sp³-hybridized carbons (Fsp3) is 0.0638. The van der Waals surface area contributed by atoms with E-state index in [1.807, 2.05) is 0 Å². The van der Waals surface area contributed by atoms with Crippen LogP contribution < -0.4 is 119 Å². The molecule has 0 spiro atoms. The quantitative estimate of drug-likeness (QED) is 0.0276. The molecule has 2 aliphatic heterocycles. The second-order valence-electron chi connectivity index (χ2n) is 14.4. The van der Waals surface area contributed by atoms with E-state index in [0.29, 0.717) is 71.8 Å². The van der Waals surface area contributed by atoms with Crippen molar-refractivity contribution >= 4 is 184 Å². The van der Waals surface area contributed by atoms with Gasteiger partial charge in [0.1, 0.15) is 0 Å². The number of nitrogens with two attached hydrogens (primary N) is 1. The number of carbonyl (C=O) groups is 4. The summed E-state index contributed by atoms with van der Waals surface area (Å²) < 4.78 is 86.5. The minimum atomic E-state index is -3.47. The zero-order valence-electron chi connectivity index (χ0n) is 45.3. The van der Waals surface area contributed by atoms with Crippen LogP contribution in [0.4, 0.5) is 15.8 Å². The number of halogens is 8. The average Bonchev–Trinajstić information content (AvgIpc) is 1.97. The van der Waals surface area contributed by atoms with E-state index in [0.717, 1.165) is 28.9 Å². The molecule has 0 saturated carbocycles. The van der Waals surface area contributed by atoms with E-state index in [2.05, 4.69) is 54.0 Å². The molecular formula is C47H34Cl7FK2N8O15S5. The van der Waals surface area contributed by atoms with Crippen molar-refractivity contribution in [3.8, 4) is 0 Å². The van der Waals surface area contributed by atoms with E-state index in [-0.39, 0.29) is 149 Å². The smallest absolute Gasteiger partial charge is 1.00 e. The first-order chi connectivity index (χ1) is 39.8. The largest absolute Gasteiger partial charge is 1.00 e. The van der Waals surface area contributed by atoms with E-state index >= 15 is 0 Å². The Labute approximate surface area is 618 Å². The van der Waals surface area contributed by atoms with Crippen LogP contribution in [-0.4, -0.2) is 92.4 Å². The Bertz CT molecular complexity index is 3950. The number of aromatic amines is 1. The molecule has 440 valence electrons.